The molecule has 4 heterocycles. The molecule has 5 rings (SSSR count). The maximum absolute atomic E-state index is 14.2. The zero-order chi connectivity index (χ0) is 16.0. The molecule has 1 amide bonds. The molecule has 23 heavy (non-hydrogen) atoms. The van der Waals surface area contributed by atoms with Gasteiger partial charge in [-0.15, -0.1) is 0 Å². The Labute approximate surface area is 137 Å². The van der Waals surface area contributed by atoms with Crippen molar-refractivity contribution >= 4 is 28.3 Å². The van der Waals surface area contributed by atoms with Gasteiger partial charge in [0.05, 0.1) is 7.11 Å². The molecule has 1 aromatic heterocycles. The second-order valence-electron chi connectivity index (χ2n) is 6.21. The van der Waals surface area contributed by atoms with E-state index in [0.717, 1.165) is 44.0 Å². The SMILES string of the molecule is COc1ccc2c(C(=O)N[C@@H]3CN4CCC3CC4)snc2c1F. The number of methoxy groups -OCH3 is 1. The van der Waals surface area contributed by atoms with Crippen LogP contribution in [0.25, 0.3) is 10.9 Å². The number of aromatic nitrogens is 1. The number of carbonyl (C=O) groups excluding carboxylic acids is 1. The Bertz CT molecular complexity index is 755. The fourth-order valence-corrected chi connectivity index (χ4v) is 4.41. The first kappa shape index (κ1) is 14.8. The van der Waals surface area contributed by atoms with Crippen LogP contribution < -0.4 is 10.1 Å². The molecule has 122 valence electrons. The summed E-state index contributed by atoms with van der Waals surface area (Å²) in [5.74, 6) is 0.0380. The van der Waals surface area contributed by atoms with E-state index in [0.29, 0.717) is 16.2 Å². The molecule has 1 N–H and O–H groups in total. The normalized spacial score (nSPS) is 26.4. The molecule has 7 heteroatoms. The summed E-state index contributed by atoms with van der Waals surface area (Å²) in [6, 6.07) is 3.42. The van der Waals surface area contributed by atoms with Crippen LogP contribution in [0.3, 0.4) is 0 Å². The number of halogens is 1. The fourth-order valence-electron chi connectivity index (χ4n) is 3.64. The predicted molar refractivity (Wildman–Crippen MR) is 86.5 cm³/mol. The number of rotatable bonds is 3. The number of hydrogen-bond acceptors (Lipinski definition) is 5. The highest BCUT2D eigenvalue weighted by atomic mass is 32.1. The van der Waals surface area contributed by atoms with E-state index in [4.69, 9.17) is 4.74 Å². The van der Waals surface area contributed by atoms with Crippen molar-refractivity contribution in [2.24, 2.45) is 5.92 Å². The summed E-state index contributed by atoms with van der Waals surface area (Å²) in [7, 11) is 1.41. The lowest BCUT2D eigenvalue weighted by Gasteiger charge is -2.44. The van der Waals surface area contributed by atoms with Gasteiger partial charge in [0.2, 0.25) is 0 Å². The van der Waals surface area contributed by atoms with Gasteiger partial charge in [-0.25, -0.2) is 4.39 Å². The molecule has 1 atom stereocenters. The van der Waals surface area contributed by atoms with Crippen molar-refractivity contribution in [3.63, 3.8) is 0 Å². The summed E-state index contributed by atoms with van der Waals surface area (Å²) >= 11 is 1.04. The third-order valence-electron chi connectivity index (χ3n) is 4.95. The van der Waals surface area contributed by atoms with Gasteiger partial charge in [-0.2, -0.15) is 4.37 Å². The van der Waals surface area contributed by atoms with Crippen LogP contribution in [-0.4, -0.2) is 48.0 Å². The van der Waals surface area contributed by atoms with E-state index < -0.39 is 5.82 Å². The molecule has 3 aliphatic heterocycles. The third-order valence-corrected chi connectivity index (χ3v) is 5.81. The Morgan fingerprint density at radius 3 is 2.87 bits per heavy atom. The molecule has 5 nitrogen and oxygen atoms in total. The van der Waals surface area contributed by atoms with Crippen molar-refractivity contribution in [1.82, 2.24) is 14.6 Å². The van der Waals surface area contributed by atoms with Crippen LogP contribution in [0, 0.1) is 11.7 Å². The molecule has 2 bridgehead atoms. The molecule has 3 fully saturated rings. The minimum absolute atomic E-state index is 0.146. The van der Waals surface area contributed by atoms with Crippen LogP contribution in [0.5, 0.6) is 5.75 Å². The van der Waals surface area contributed by atoms with E-state index in [1.54, 1.807) is 6.07 Å². The molecular formula is C16H18FN3O2S. The van der Waals surface area contributed by atoms with Gasteiger partial charge >= 0.3 is 0 Å². The fraction of sp³-hybridized carbons (Fsp3) is 0.500. The summed E-state index contributed by atoms with van der Waals surface area (Å²) in [5.41, 5.74) is 0.202. The number of nitrogens with one attached hydrogen (secondary N) is 1. The van der Waals surface area contributed by atoms with Crippen molar-refractivity contribution in [3.05, 3.63) is 22.8 Å². The first-order valence-corrected chi connectivity index (χ1v) is 8.60. The molecule has 0 saturated carbocycles. The number of ether oxygens (including phenoxy) is 1. The Hall–Kier alpha value is -1.73. The average Bonchev–Trinajstić information content (AvgIpc) is 3.01. The zero-order valence-electron chi connectivity index (χ0n) is 12.8. The standard InChI is InChI=1S/C16H18FN3O2S/c1-22-12-3-2-10-14(13(12)17)19-23-15(10)16(21)18-11-8-20-6-4-9(11)5-7-20/h2-3,9,11H,4-8H2,1H3,(H,18,21)/t11-/m1/s1. The predicted octanol–water partition coefficient (Wildman–Crippen LogP) is 2.27. The first-order valence-electron chi connectivity index (χ1n) is 7.82. The Morgan fingerprint density at radius 1 is 1.43 bits per heavy atom. The maximum atomic E-state index is 14.2. The Kier molecular flexibility index (Phi) is 3.69. The van der Waals surface area contributed by atoms with Gasteiger partial charge in [-0.05, 0) is 55.5 Å². The van der Waals surface area contributed by atoms with E-state index in [2.05, 4.69) is 14.6 Å². The summed E-state index contributed by atoms with van der Waals surface area (Å²) < 4.78 is 23.3. The first-order chi connectivity index (χ1) is 11.2. The minimum Gasteiger partial charge on any atom is -0.494 e. The van der Waals surface area contributed by atoms with Crippen molar-refractivity contribution in [1.29, 1.82) is 0 Å². The van der Waals surface area contributed by atoms with Crippen molar-refractivity contribution in [2.75, 3.05) is 26.7 Å². The largest absolute Gasteiger partial charge is 0.494 e. The number of hydrogen-bond donors (Lipinski definition) is 1. The number of carbonyl (C=O) groups is 1. The number of benzene rings is 1. The summed E-state index contributed by atoms with van der Waals surface area (Å²) in [4.78, 5) is 15.5. The van der Waals surface area contributed by atoms with Gasteiger partial charge in [0.1, 0.15) is 10.4 Å². The van der Waals surface area contributed by atoms with Crippen LogP contribution in [-0.2, 0) is 0 Å². The molecule has 3 aliphatic rings. The Balaban J connectivity index is 1.59. The van der Waals surface area contributed by atoms with E-state index in [9.17, 15) is 9.18 Å². The lowest BCUT2D eigenvalue weighted by atomic mass is 9.84. The lowest BCUT2D eigenvalue weighted by molar-refractivity contribution is 0.0623. The van der Waals surface area contributed by atoms with Crippen LogP contribution in [0.4, 0.5) is 4.39 Å². The van der Waals surface area contributed by atoms with Crippen molar-refractivity contribution in [2.45, 2.75) is 18.9 Å². The van der Waals surface area contributed by atoms with E-state index >= 15 is 0 Å². The molecule has 0 unspecified atom stereocenters. The molecule has 2 aromatic rings. The summed E-state index contributed by atoms with van der Waals surface area (Å²) in [5, 5.41) is 3.68. The van der Waals surface area contributed by atoms with Crippen molar-refractivity contribution in [3.8, 4) is 5.75 Å². The highest BCUT2D eigenvalue weighted by Gasteiger charge is 2.35. The highest BCUT2D eigenvalue weighted by Crippen LogP contribution is 2.31. The number of amides is 1. The lowest BCUT2D eigenvalue weighted by Crippen LogP contribution is -2.57. The topological polar surface area (TPSA) is 54.5 Å². The van der Waals surface area contributed by atoms with Crippen LogP contribution in [0.2, 0.25) is 0 Å². The summed E-state index contributed by atoms with van der Waals surface area (Å²) in [6.07, 6.45) is 2.28. The molecule has 0 radical (unpaired) electrons. The average molecular weight is 335 g/mol. The zero-order valence-corrected chi connectivity index (χ0v) is 13.7. The van der Waals surface area contributed by atoms with Crippen LogP contribution >= 0.6 is 11.5 Å². The summed E-state index contributed by atoms with van der Waals surface area (Å²) in [6.45, 7) is 3.17. The van der Waals surface area contributed by atoms with Gasteiger partial charge < -0.3 is 15.0 Å². The second kappa shape index (κ2) is 5.72. The van der Waals surface area contributed by atoms with E-state index in [1.807, 2.05) is 0 Å². The number of piperidine rings is 3. The smallest absolute Gasteiger partial charge is 0.263 e. The van der Waals surface area contributed by atoms with Gasteiger partial charge in [-0.1, -0.05) is 0 Å². The van der Waals surface area contributed by atoms with Gasteiger partial charge in [0.15, 0.2) is 11.6 Å². The molecule has 3 saturated heterocycles. The third kappa shape index (κ3) is 2.48. The Morgan fingerprint density at radius 2 is 2.22 bits per heavy atom. The van der Waals surface area contributed by atoms with Gasteiger partial charge in [0.25, 0.3) is 5.91 Å². The highest BCUT2D eigenvalue weighted by molar-refractivity contribution is 7.09. The van der Waals surface area contributed by atoms with Crippen LogP contribution in [0.15, 0.2) is 12.1 Å². The monoisotopic (exact) mass is 335 g/mol. The van der Waals surface area contributed by atoms with Gasteiger partial charge in [0, 0.05) is 18.0 Å². The molecule has 0 aliphatic carbocycles. The number of fused-ring (bicyclic) bond motifs is 4. The van der Waals surface area contributed by atoms with E-state index in [1.165, 1.54) is 13.2 Å². The number of nitrogens with zero attached hydrogens (tertiary/aromatic N) is 2. The van der Waals surface area contributed by atoms with Crippen LogP contribution in [0.1, 0.15) is 22.5 Å². The quantitative estimate of drug-likeness (QED) is 0.935. The van der Waals surface area contributed by atoms with Gasteiger partial charge in [-0.3, -0.25) is 4.79 Å². The van der Waals surface area contributed by atoms with Crippen molar-refractivity contribution < 1.29 is 13.9 Å². The minimum atomic E-state index is -0.511. The van der Waals surface area contributed by atoms with E-state index in [-0.39, 0.29) is 23.2 Å². The molecular weight excluding hydrogens is 317 g/mol. The maximum Gasteiger partial charge on any atom is 0.263 e. The molecule has 1 aromatic carbocycles. The second-order valence-corrected chi connectivity index (χ2v) is 6.98. The molecule has 0 spiro atoms.